The zero-order valence-electron chi connectivity index (χ0n) is 5.39. The summed E-state index contributed by atoms with van der Waals surface area (Å²) in [5, 5.41) is 0. The van der Waals surface area contributed by atoms with Crippen LogP contribution in [0.5, 0.6) is 0 Å². The number of nitrogens with two attached hydrogens (primary N) is 1. The summed E-state index contributed by atoms with van der Waals surface area (Å²) in [6, 6.07) is 0.396. The van der Waals surface area contributed by atoms with Crippen LogP contribution in [0.1, 0.15) is 13.3 Å². The Morgan fingerprint density at radius 2 is 2.25 bits per heavy atom. The Morgan fingerprint density at radius 3 is 2.62 bits per heavy atom. The standard InChI is InChI=1S/C5H13NS2/c1-3-5(6)4-8-7-2/h5H,3-4,6H2,1-2H3. The summed E-state index contributed by atoms with van der Waals surface area (Å²) in [6.45, 7) is 2.12. The van der Waals surface area contributed by atoms with Gasteiger partial charge in [-0.2, -0.15) is 0 Å². The van der Waals surface area contributed by atoms with Gasteiger partial charge in [-0.15, -0.1) is 0 Å². The quantitative estimate of drug-likeness (QED) is 0.620. The van der Waals surface area contributed by atoms with Crippen molar-refractivity contribution in [3.05, 3.63) is 0 Å². The number of hydrogen-bond acceptors (Lipinski definition) is 3. The van der Waals surface area contributed by atoms with Crippen LogP contribution in [-0.4, -0.2) is 18.1 Å². The van der Waals surface area contributed by atoms with Gasteiger partial charge in [0.1, 0.15) is 0 Å². The molecule has 0 radical (unpaired) electrons. The molecule has 2 N–H and O–H groups in total. The van der Waals surface area contributed by atoms with Gasteiger partial charge >= 0.3 is 0 Å². The van der Waals surface area contributed by atoms with Crippen molar-refractivity contribution in [3.8, 4) is 0 Å². The Balaban J connectivity index is 2.86. The van der Waals surface area contributed by atoms with Gasteiger partial charge in [0.05, 0.1) is 0 Å². The summed E-state index contributed by atoms with van der Waals surface area (Å²) < 4.78 is 0. The van der Waals surface area contributed by atoms with Crippen LogP contribution in [0.4, 0.5) is 0 Å². The summed E-state index contributed by atoms with van der Waals surface area (Å²) in [7, 11) is 3.61. The fourth-order valence-electron chi connectivity index (χ4n) is 0.273. The average Bonchev–Trinajstić information content (AvgIpc) is 1.83. The Morgan fingerprint density at radius 1 is 1.62 bits per heavy atom. The molecule has 1 atom stereocenters. The lowest BCUT2D eigenvalue weighted by atomic mass is 10.3. The molecule has 1 nitrogen and oxygen atoms in total. The van der Waals surface area contributed by atoms with Crippen molar-refractivity contribution in [1.29, 1.82) is 0 Å². The highest BCUT2D eigenvalue weighted by Gasteiger charge is 1.95. The molecule has 0 aliphatic rings. The molecule has 0 aromatic carbocycles. The third kappa shape index (κ3) is 4.81. The molecule has 0 aromatic rings. The highest BCUT2D eigenvalue weighted by molar-refractivity contribution is 8.76. The van der Waals surface area contributed by atoms with Gasteiger partial charge in [0, 0.05) is 11.8 Å². The van der Waals surface area contributed by atoms with E-state index in [0.29, 0.717) is 6.04 Å². The Labute approximate surface area is 59.2 Å². The highest BCUT2D eigenvalue weighted by atomic mass is 33.1. The number of rotatable bonds is 4. The second kappa shape index (κ2) is 5.79. The van der Waals surface area contributed by atoms with E-state index in [2.05, 4.69) is 13.2 Å². The molecule has 3 heteroatoms. The maximum absolute atomic E-state index is 5.62. The molecule has 0 bridgehead atoms. The molecule has 0 saturated heterocycles. The molecule has 1 unspecified atom stereocenters. The summed E-state index contributed by atoms with van der Waals surface area (Å²) in [5.74, 6) is 1.08. The third-order valence-electron chi connectivity index (χ3n) is 0.924. The van der Waals surface area contributed by atoms with Crippen molar-refractivity contribution in [3.63, 3.8) is 0 Å². The number of hydrogen-bond donors (Lipinski definition) is 1. The molecule has 0 rings (SSSR count). The lowest BCUT2D eigenvalue weighted by molar-refractivity contribution is 0.726. The van der Waals surface area contributed by atoms with E-state index in [1.807, 2.05) is 10.8 Å². The van der Waals surface area contributed by atoms with Crippen LogP contribution in [0.15, 0.2) is 0 Å². The fraction of sp³-hybridized carbons (Fsp3) is 1.00. The zero-order valence-corrected chi connectivity index (χ0v) is 7.02. The predicted molar refractivity (Wildman–Crippen MR) is 44.2 cm³/mol. The fourth-order valence-corrected chi connectivity index (χ4v) is 1.75. The molecule has 0 amide bonds. The molecule has 0 spiro atoms. The van der Waals surface area contributed by atoms with E-state index in [1.54, 1.807) is 10.8 Å². The normalized spacial score (nSPS) is 13.9. The summed E-state index contributed by atoms with van der Waals surface area (Å²) >= 11 is 0. The van der Waals surface area contributed by atoms with Crippen LogP contribution in [-0.2, 0) is 0 Å². The largest absolute Gasteiger partial charge is 0.327 e. The van der Waals surface area contributed by atoms with Gasteiger partial charge in [0.2, 0.25) is 0 Å². The van der Waals surface area contributed by atoms with Gasteiger partial charge in [0.15, 0.2) is 0 Å². The molecule has 0 saturated carbocycles. The summed E-state index contributed by atoms with van der Waals surface area (Å²) in [4.78, 5) is 0. The Hall–Kier alpha value is 0.660. The van der Waals surface area contributed by atoms with Gasteiger partial charge in [0.25, 0.3) is 0 Å². The first-order chi connectivity index (χ1) is 3.81. The predicted octanol–water partition coefficient (Wildman–Crippen LogP) is 1.73. The molecule has 0 aliphatic carbocycles. The second-order valence-electron chi connectivity index (χ2n) is 1.62. The van der Waals surface area contributed by atoms with Gasteiger partial charge in [-0.3, -0.25) is 0 Å². The first-order valence-electron chi connectivity index (χ1n) is 2.72. The molecule has 0 heterocycles. The van der Waals surface area contributed by atoms with Crippen LogP contribution >= 0.6 is 21.6 Å². The highest BCUT2D eigenvalue weighted by Crippen LogP contribution is 2.17. The van der Waals surface area contributed by atoms with Gasteiger partial charge in [-0.25, -0.2) is 0 Å². The van der Waals surface area contributed by atoms with Crippen molar-refractivity contribution in [2.45, 2.75) is 19.4 Å². The SMILES string of the molecule is CCC(N)CSSC. The minimum atomic E-state index is 0.396. The molecule has 0 aromatic heterocycles. The van der Waals surface area contributed by atoms with Crippen molar-refractivity contribution < 1.29 is 0 Å². The molecule has 0 fully saturated rings. The van der Waals surface area contributed by atoms with Gasteiger partial charge < -0.3 is 5.73 Å². The van der Waals surface area contributed by atoms with E-state index in [0.717, 1.165) is 12.2 Å². The van der Waals surface area contributed by atoms with Crippen LogP contribution in [0.2, 0.25) is 0 Å². The Kier molecular flexibility index (Phi) is 6.27. The van der Waals surface area contributed by atoms with Gasteiger partial charge in [-0.05, 0) is 12.7 Å². The molecule has 8 heavy (non-hydrogen) atoms. The lowest BCUT2D eigenvalue weighted by Gasteiger charge is -2.04. The van der Waals surface area contributed by atoms with E-state index >= 15 is 0 Å². The maximum Gasteiger partial charge on any atom is 0.0189 e. The van der Waals surface area contributed by atoms with Crippen LogP contribution < -0.4 is 5.73 Å². The van der Waals surface area contributed by atoms with E-state index in [4.69, 9.17) is 5.73 Å². The van der Waals surface area contributed by atoms with Crippen LogP contribution in [0.25, 0.3) is 0 Å². The third-order valence-corrected chi connectivity index (χ3v) is 2.84. The maximum atomic E-state index is 5.62. The molecule has 50 valence electrons. The average molecular weight is 151 g/mol. The van der Waals surface area contributed by atoms with E-state index < -0.39 is 0 Å². The molecular formula is C5H13NS2. The minimum absolute atomic E-state index is 0.396. The summed E-state index contributed by atoms with van der Waals surface area (Å²) in [5.41, 5.74) is 5.62. The van der Waals surface area contributed by atoms with Crippen molar-refractivity contribution >= 4 is 21.6 Å². The minimum Gasteiger partial charge on any atom is -0.327 e. The molecule has 0 aliphatic heterocycles. The Bertz CT molecular complexity index is 49.7. The second-order valence-corrected chi connectivity index (χ2v) is 4.23. The molecular weight excluding hydrogens is 138 g/mol. The van der Waals surface area contributed by atoms with Gasteiger partial charge in [-0.1, -0.05) is 28.5 Å². The first kappa shape index (κ1) is 8.66. The first-order valence-corrected chi connectivity index (χ1v) is 5.45. The topological polar surface area (TPSA) is 26.0 Å². The van der Waals surface area contributed by atoms with Crippen molar-refractivity contribution in [2.75, 3.05) is 12.0 Å². The smallest absolute Gasteiger partial charge is 0.0189 e. The van der Waals surface area contributed by atoms with E-state index in [1.165, 1.54) is 0 Å². The van der Waals surface area contributed by atoms with E-state index in [9.17, 15) is 0 Å². The van der Waals surface area contributed by atoms with Crippen molar-refractivity contribution in [1.82, 2.24) is 0 Å². The van der Waals surface area contributed by atoms with Crippen molar-refractivity contribution in [2.24, 2.45) is 5.73 Å². The monoisotopic (exact) mass is 151 g/mol. The van der Waals surface area contributed by atoms with Crippen LogP contribution in [0.3, 0.4) is 0 Å². The van der Waals surface area contributed by atoms with E-state index in [-0.39, 0.29) is 0 Å². The van der Waals surface area contributed by atoms with Crippen LogP contribution in [0, 0.1) is 0 Å². The zero-order chi connectivity index (χ0) is 6.41. The lowest BCUT2D eigenvalue weighted by Crippen LogP contribution is -2.20. The summed E-state index contributed by atoms with van der Waals surface area (Å²) in [6.07, 6.45) is 3.17.